The van der Waals surface area contributed by atoms with Crippen LogP contribution in [-0.2, 0) is 21.3 Å². The molecular formula is C29H29N5O8S. The minimum absolute atomic E-state index is 0.119. The van der Waals surface area contributed by atoms with Gasteiger partial charge in [-0.1, -0.05) is 31.2 Å². The Hall–Kier alpha value is -4.11. The first-order valence-electron chi connectivity index (χ1n) is 14.0. The third-order valence-electron chi connectivity index (χ3n) is 9.20. The molecule has 3 aromatic rings. The van der Waals surface area contributed by atoms with Crippen LogP contribution >= 0.6 is 0 Å². The first kappa shape index (κ1) is 27.7. The molecule has 1 aromatic heterocycles. The van der Waals surface area contributed by atoms with Crippen molar-refractivity contribution in [1.29, 1.82) is 0 Å². The Labute approximate surface area is 246 Å². The van der Waals surface area contributed by atoms with E-state index < -0.39 is 43.7 Å². The number of hydrogen-bond acceptors (Lipinski definition) is 9. The first-order chi connectivity index (χ1) is 20.3. The number of aromatic nitrogens is 1. The molecule has 0 spiro atoms. The number of ketones is 1. The molecule has 2 aliphatic heterocycles. The molecule has 2 fully saturated rings. The Balaban J connectivity index is 1.34. The standard InChI is InChI=1S/C29H29N5O8S/c1-14-10-19(14)16-6-7-20-22(12-16)42-29(37)24-18(4-3-5-21(24)34(38)39)26(35)28(20,29)32-27(36)25-15(2)11-23(31-25)43(40,41)33-9-8-17(30)13-33/h3-7,11-12,14,17,19,31,37H,8-10,13,30H2,1-2H3,(H,32,36). The minimum atomic E-state index is -3.99. The molecule has 1 amide bonds. The van der Waals surface area contributed by atoms with Gasteiger partial charge in [-0.05, 0) is 54.9 Å². The molecule has 224 valence electrons. The number of aryl methyl sites for hydroxylation is 1. The van der Waals surface area contributed by atoms with Gasteiger partial charge in [-0.2, -0.15) is 4.31 Å². The van der Waals surface area contributed by atoms with E-state index in [1.165, 1.54) is 29.4 Å². The van der Waals surface area contributed by atoms with Crippen molar-refractivity contribution >= 4 is 27.4 Å². The molecule has 1 saturated carbocycles. The second-order valence-electron chi connectivity index (χ2n) is 11.9. The normalized spacial score (nSPS) is 29.1. The number of nitrogens with one attached hydrogen (secondary N) is 2. The molecule has 3 heterocycles. The maximum absolute atomic E-state index is 14.2. The van der Waals surface area contributed by atoms with E-state index in [1.807, 2.05) is 0 Å². The van der Waals surface area contributed by atoms with E-state index >= 15 is 0 Å². The summed E-state index contributed by atoms with van der Waals surface area (Å²) in [5.74, 6) is -3.54. The highest BCUT2D eigenvalue weighted by Gasteiger charge is 2.73. The Morgan fingerprint density at radius 1 is 1.28 bits per heavy atom. The molecule has 2 aromatic carbocycles. The van der Waals surface area contributed by atoms with Crippen LogP contribution < -0.4 is 15.8 Å². The molecule has 0 bridgehead atoms. The summed E-state index contributed by atoms with van der Waals surface area (Å²) in [6.45, 7) is 4.00. The van der Waals surface area contributed by atoms with Crippen molar-refractivity contribution in [1.82, 2.24) is 14.6 Å². The molecule has 13 nitrogen and oxygen atoms in total. The fourth-order valence-electron chi connectivity index (χ4n) is 6.78. The van der Waals surface area contributed by atoms with E-state index in [9.17, 15) is 33.2 Å². The number of sulfonamides is 1. The molecule has 5 atom stereocenters. The predicted molar refractivity (Wildman–Crippen MR) is 151 cm³/mol. The molecule has 0 radical (unpaired) electrons. The van der Waals surface area contributed by atoms with Crippen LogP contribution in [0.1, 0.15) is 68.8 Å². The zero-order valence-corrected chi connectivity index (χ0v) is 24.1. The number of ether oxygens (including phenoxy) is 1. The van der Waals surface area contributed by atoms with Crippen LogP contribution in [0.3, 0.4) is 0 Å². The number of carbonyl (C=O) groups excluding carboxylic acids is 2. The number of carbonyl (C=O) groups is 2. The van der Waals surface area contributed by atoms with Gasteiger partial charge in [0.15, 0.2) is 0 Å². The summed E-state index contributed by atoms with van der Waals surface area (Å²) in [7, 11) is -3.99. The van der Waals surface area contributed by atoms with E-state index in [2.05, 4.69) is 17.2 Å². The number of amides is 1. The maximum Gasteiger partial charge on any atom is 0.280 e. The average Bonchev–Trinajstić information content (AvgIpc) is 3.23. The van der Waals surface area contributed by atoms with E-state index in [4.69, 9.17) is 10.5 Å². The predicted octanol–water partition coefficient (Wildman–Crippen LogP) is 2.14. The third kappa shape index (κ3) is 3.70. The maximum atomic E-state index is 14.2. The Bertz CT molecular complexity index is 1870. The van der Waals surface area contributed by atoms with Gasteiger partial charge in [-0.15, -0.1) is 0 Å². The molecule has 14 heteroatoms. The van der Waals surface area contributed by atoms with Gasteiger partial charge in [0.2, 0.25) is 11.3 Å². The van der Waals surface area contributed by atoms with Crippen LogP contribution in [0.4, 0.5) is 5.69 Å². The highest BCUT2D eigenvalue weighted by atomic mass is 32.2. The second-order valence-corrected chi connectivity index (χ2v) is 13.8. The van der Waals surface area contributed by atoms with Gasteiger partial charge in [0.1, 0.15) is 22.0 Å². The smallest absolute Gasteiger partial charge is 0.280 e. The number of nitro groups is 1. The van der Waals surface area contributed by atoms with Crippen LogP contribution in [0.5, 0.6) is 5.75 Å². The van der Waals surface area contributed by atoms with E-state index in [-0.39, 0.29) is 63.8 Å². The number of nitro benzene ring substituents is 1. The van der Waals surface area contributed by atoms with Crippen LogP contribution in [-0.4, -0.2) is 58.6 Å². The van der Waals surface area contributed by atoms with Crippen molar-refractivity contribution in [3.05, 3.63) is 86.1 Å². The number of nitrogens with two attached hydrogens (primary N) is 1. The van der Waals surface area contributed by atoms with Crippen molar-refractivity contribution < 1.29 is 32.8 Å². The largest absolute Gasteiger partial charge is 0.454 e. The van der Waals surface area contributed by atoms with Crippen LogP contribution in [0, 0.1) is 23.0 Å². The van der Waals surface area contributed by atoms with Gasteiger partial charge >= 0.3 is 0 Å². The van der Waals surface area contributed by atoms with Crippen molar-refractivity contribution in [2.75, 3.05) is 13.1 Å². The Kier molecular flexibility index (Phi) is 5.77. The highest BCUT2D eigenvalue weighted by molar-refractivity contribution is 7.89. The number of benzene rings is 2. The quantitative estimate of drug-likeness (QED) is 0.239. The van der Waals surface area contributed by atoms with E-state index in [1.54, 1.807) is 18.2 Å². The zero-order valence-electron chi connectivity index (χ0n) is 23.3. The van der Waals surface area contributed by atoms with Gasteiger partial charge < -0.3 is 25.9 Å². The molecule has 2 aliphatic carbocycles. The number of hydrogen-bond donors (Lipinski definition) is 4. The first-order valence-corrected chi connectivity index (χ1v) is 15.4. The van der Waals surface area contributed by atoms with Crippen molar-refractivity contribution in [3.8, 4) is 5.75 Å². The molecule has 4 aliphatic rings. The number of rotatable bonds is 6. The second kappa shape index (κ2) is 8.95. The van der Waals surface area contributed by atoms with E-state index in [0.29, 0.717) is 12.3 Å². The van der Waals surface area contributed by atoms with Gasteiger partial charge in [-0.25, -0.2) is 8.42 Å². The Morgan fingerprint density at radius 2 is 2.02 bits per heavy atom. The number of aromatic amines is 1. The highest BCUT2D eigenvalue weighted by Crippen LogP contribution is 2.61. The molecule has 5 unspecified atom stereocenters. The lowest BCUT2D eigenvalue weighted by Crippen LogP contribution is -2.60. The summed E-state index contributed by atoms with van der Waals surface area (Å²) in [5.41, 5.74) is 3.71. The lowest BCUT2D eigenvalue weighted by atomic mass is 9.82. The molecule has 1 saturated heterocycles. The summed E-state index contributed by atoms with van der Waals surface area (Å²) in [4.78, 5) is 42.2. The topological polar surface area (TPSA) is 198 Å². The SMILES string of the molecule is Cc1cc(S(=O)(=O)N2CCC(N)C2)[nH]c1C(=O)NC12C(=O)c3cccc([N+](=O)[O-])c3C1(O)Oc1cc(C3CC3C)ccc12. The van der Waals surface area contributed by atoms with Gasteiger partial charge in [-0.3, -0.25) is 19.7 Å². The number of nitrogens with zero attached hydrogens (tertiary/aromatic N) is 2. The summed E-state index contributed by atoms with van der Waals surface area (Å²) < 4.78 is 33.8. The van der Waals surface area contributed by atoms with Gasteiger partial charge in [0.05, 0.1) is 4.92 Å². The Morgan fingerprint density at radius 3 is 2.67 bits per heavy atom. The van der Waals surface area contributed by atoms with Crippen LogP contribution in [0.25, 0.3) is 0 Å². The van der Waals surface area contributed by atoms with Crippen LogP contribution in [0.15, 0.2) is 47.5 Å². The number of H-pyrrole nitrogens is 1. The van der Waals surface area contributed by atoms with Crippen molar-refractivity contribution in [2.45, 2.75) is 55.0 Å². The van der Waals surface area contributed by atoms with Gasteiger partial charge in [0.25, 0.3) is 27.4 Å². The lowest BCUT2D eigenvalue weighted by Gasteiger charge is -2.34. The number of Topliss-reactive ketones (excluding diaryl/α,β-unsaturated/α-hetero) is 1. The zero-order chi connectivity index (χ0) is 30.6. The van der Waals surface area contributed by atoms with Crippen molar-refractivity contribution in [2.24, 2.45) is 11.7 Å². The monoisotopic (exact) mass is 607 g/mol. The molecular weight excluding hydrogens is 578 g/mol. The fourth-order valence-corrected chi connectivity index (χ4v) is 8.35. The summed E-state index contributed by atoms with van der Waals surface area (Å²) in [6, 6.07) is 9.92. The van der Waals surface area contributed by atoms with Gasteiger partial charge in [0, 0.05) is 36.3 Å². The summed E-state index contributed by atoms with van der Waals surface area (Å²) in [5, 5.41) is 26.7. The number of fused-ring (bicyclic) bond motifs is 5. The lowest BCUT2D eigenvalue weighted by molar-refractivity contribution is -0.388. The van der Waals surface area contributed by atoms with E-state index in [0.717, 1.165) is 18.1 Å². The average molecular weight is 608 g/mol. The van der Waals surface area contributed by atoms with Crippen molar-refractivity contribution in [3.63, 3.8) is 0 Å². The molecule has 5 N–H and O–H groups in total. The molecule has 43 heavy (non-hydrogen) atoms. The number of aliphatic hydroxyl groups is 1. The summed E-state index contributed by atoms with van der Waals surface area (Å²) in [6.07, 6.45) is 1.46. The fraction of sp³-hybridized carbons (Fsp3) is 0.379. The van der Waals surface area contributed by atoms with Crippen LogP contribution in [0.2, 0.25) is 0 Å². The summed E-state index contributed by atoms with van der Waals surface area (Å²) >= 11 is 0. The third-order valence-corrected chi connectivity index (χ3v) is 11.0. The minimum Gasteiger partial charge on any atom is -0.454 e. The molecule has 7 rings (SSSR count).